The van der Waals surface area contributed by atoms with Gasteiger partial charge in [-0.25, -0.2) is 0 Å². The minimum Gasteiger partial charge on any atom is -0.481 e. The van der Waals surface area contributed by atoms with E-state index in [9.17, 15) is 38.4 Å². The summed E-state index contributed by atoms with van der Waals surface area (Å²) in [6.07, 6.45) is 3.57. The van der Waals surface area contributed by atoms with Gasteiger partial charge in [-0.15, -0.1) is 0 Å². The molecule has 0 aliphatic rings. The summed E-state index contributed by atoms with van der Waals surface area (Å²) < 4.78 is 13.6. The molecule has 0 aromatic carbocycles. The predicted molar refractivity (Wildman–Crippen MR) is 132 cm³/mol. The van der Waals surface area contributed by atoms with Crippen molar-refractivity contribution in [1.82, 2.24) is 0 Å². The molecule has 0 rings (SSSR count). The Morgan fingerprint density at radius 3 is 0.842 bits per heavy atom. The summed E-state index contributed by atoms with van der Waals surface area (Å²) in [6.45, 7) is 15.8. The van der Waals surface area contributed by atoms with Crippen molar-refractivity contribution in [3.63, 3.8) is 0 Å². The molecule has 0 aliphatic carbocycles. The molecule has 0 saturated heterocycles. The summed E-state index contributed by atoms with van der Waals surface area (Å²) in [4.78, 5) is 81.9. The van der Waals surface area contributed by atoms with E-state index in [-0.39, 0.29) is 109 Å². The topological polar surface area (TPSA) is 184 Å². The van der Waals surface area contributed by atoms with E-state index < -0.39 is 23.9 Å². The first-order valence-corrected chi connectivity index (χ1v) is 10.6. The van der Waals surface area contributed by atoms with Crippen LogP contribution in [-0.4, -0.2) is 71.9 Å². The molecule has 0 aromatic heterocycles. The molecular weight excluding hydrogens is 637 g/mol. The monoisotopic (exact) mass is 670 g/mol. The molecule has 0 atom stereocenters. The molecule has 0 saturated carbocycles. The molecule has 0 heterocycles. The van der Waals surface area contributed by atoms with Crippen LogP contribution in [0.25, 0.3) is 0 Å². The molecule has 1 N–H and O–H groups in total. The van der Waals surface area contributed by atoms with E-state index in [0.717, 1.165) is 0 Å². The summed E-state index contributed by atoms with van der Waals surface area (Å²) in [5, 5.41) is 7.86. The summed E-state index contributed by atoms with van der Waals surface area (Å²) in [7, 11) is 0. The predicted octanol–water partition coefficient (Wildman–Crippen LogP) is 2.13. The largest absolute Gasteiger partial charge is 0.481 e. The molecule has 0 spiro atoms. The van der Waals surface area contributed by atoms with E-state index in [0.29, 0.717) is 0 Å². The number of Topliss-reactive ketones (excluding diaryl/α,β-unsaturated/α-hetero) is 4. The van der Waals surface area contributed by atoms with Crippen LogP contribution in [0.4, 0.5) is 0 Å². The normalized spacial score (nSPS) is 8.21. The Hall–Kier alpha value is -2.87. The van der Waals surface area contributed by atoms with E-state index in [1.165, 1.54) is 45.9 Å². The number of esters is 3. The summed E-state index contributed by atoms with van der Waals surface area (Å²) in [6, 6.07) is 0. The first kappa shape index (κ1) is 45.1. The fraction of sp³-hybridized carbons (Fsp3) is 0.440. The summed E-state index contributed by atoms with van der Waals surface area (Å²) >= 11 is 0. The van der Waals surface area contributed by atoms with Crippen LogP contribution in [0.1, 0.15) is 53.4 Å². The minimum absolute atomic E-state index is 0. The Bertz CT molecular complexity index is 718. The second kappa shape index (κ2) is 32.2. The van der Waals surface area contributed by atoms with E-state index in [1.54, 1.807) is 0 Å². The number of carbonyl (C=O) groups excluding carboxylic acids is 7. The van der Waals surface area contributed by atoms with E-state index in [1.807, 2.05) is 0 Å². The molecule has 0 aliphatic heterocycles. The third-order valence-electron chi connectivity index (χ3n) is 2.67. The van der Waals surface area contributed by atoms with Gasteiger partial charge in [0.2, 0.25) is 0 Å². The molecule has 0 radical (unpaired) electrons. The number of ketones is 4. The summed E-state index contributed by atoms with van der Waals surface area (Å²) in [5.74, 6) is -3.41. The van der Waals surface area contributed by atoms with Crippen LogP contribution in [0, 0.1) is 40.8 Å². The standard InChI is InChI=1S/3C7H10O3.C4H6O3.Nd/c3*1-3-4-10-7(9)5-6(2)8;1-3(5)2-4(6)7;/h3*3H,1,4-5H2,2H3;2H2,1H3,(H,6,7);. The van der Waals surface area contributed by atoms with Crippen molar-refractivity contribution < 1.29 is 98.5 Å². The van der Waals surface area contributed by atoms with Crippen molar-refractivity contribution in [2.75, 3.05) is 19.8 Å². The summed E-state index contributed by atoms with van der Waals surface area (Å²) in [5.41, 5.74) is 0. The third kappa shape index (κ3) is 54.2. The zero-order valence-corrected chi connectivity index (χ0v) is 25.4. The van der Waals surface area contributed by atoms with E-state index in [4.69, 9.17) is 5.11 Å². The Morgan fingerprint density at radius 1 is 0.526 bits per heavy atom. The molecule has 38 heavy (non-hydrogen) atoms. The maximum atomic E-state index is 10.5. The average molecular weight is 673 g/mol. The van der Waals surface area contributed by atoms with Gasteiger partial charge in [0.15, 0.2) is 0 Å². The van der Waals surface area contributed by atoms with Gasteiger partial charge >= 0.3 is 23.9 Å². The van der Waals surface area contributed by atoms with Gasteiger partial charge < -0.3 is 19.3 Å². The molecule has 12 nitrogen and oxygen atoms in total. The van der Waals surface area contributed by atoms with Crippen LogP contribution in [0.15, 0.2) is 38.0 Å². The number of hydrogen-bond acceptors (Lipinski definition) is 11. The van der Waals surface area contributed by atoms with Crippen molar-refractivity contribution in [1.29, 1.82) is 0 Å². The fourth-order valence-corrected chi connectivity index (χ4v) is 1.43. The van der Waals surface area contributed by atoms with Gasteiger partial charge in [0, 0.05) is 40.8 Å². The van der Waals surface area contributed by atoms with Crippen LogP contribution in [-0.2, 0) is 52.6 Å². The number of rotatable bonds is 14. The van der Waals surface area contributed by atoms with Crippen LogP contribution in [0.2, 0.25) is 0 Å². The molecule has 0 aromatic rings. The van der Waals surface area contributed by atoms with Crippen molar-refractivity contribution >= 4 is 47.0 Å². The fourth-order valence-electron chi connectivity index (χ4n) is 1.43. The SMILES string of the molecule is C=CCOC(=O)CC(C)=O.C=CCOC(=O)CC(C)=O.C=CCOC(=O)CC(C)=O.CC(=O)CC(=O)O.[Nd]. The zero-order valence-electron chi connectivity index (χ0n) is 22.2. The molecule has 13 heteroatoms. The van der Waals surface area contributed by atoms with Crippen LogP contribution >= 0.6 is 0 Å². The van der Waals surface area contributed by atoms with Gasteiger partial charge in [0.25, 0.3) is 0 Å². The quantitative estimate of drug-likeness (QED) is 0.123. The van der Waals surface area contributed by atoms with Crippen LogP contribution in [0.3, 0.4) is 0 Å². The maximum Gasteiger partial charge on any atom is 0.313 e. The first-order chi connectivity index (χ1) is 17.1. The van der Waals surface area contributed by atoms with Gasteiger partial charge in [-0.1, -0.05) is 38.0 Å². The van der Waals surface area contributed by atoms with Crippen LogP contribution in [0.5, 0.6) is 0 Å². The maximum absolute atomic E-state index is 10.5. The second-order valence-corrected chi connectivity index (χ2v) is 6.82. The van der Waals surface area contributed by atoms with Crippen molar-refractivity contribution in [2.24, 2.45) is 0 Å². The van der Waals surface area contributed by atoms with Crippen molar-refractivity contribution in [2.45, 2.75) is 53.4 Å². The van der Waals surface area contributed by atoms with Crippen molar-refractivity contribution in [3.8, 4) is 0 Å². The van der Waals surface area contributed by atoms with Gasteiger partial charge in [0.1, 0.15) is 68.6 Å². The van der Waals surface area contributed by atoms with Gasteiger partial charge in [0.05, 0.1) is 0 Å². The minimum atomic E-state index is -1.06. The smallest absolute Gasteiger partial charge is 0.313 e. The Kier molecular flexibility index (Phi) is 38.1. The second-order valence-electron chi connectivity index (χ2n) is 6.82. The number of aliphatic carboxylic acids is 1. The van der Waals surface area contributed by atoms with Gasteiger partial charge in [-0.05, 0) is 27.7 Å². The zero-order chi connectivity index (χ0) is 29.8. The van der Waals surface area contributed by atoms with Crippen molar-refractivity contribution in [3.05, 3.63) is 38.0 Å². The molecule has 0 bridgehead atoms. The van der Waals surface area contributed by atoms with E-state index in [2.05, 4.69) is 33.9 Å². The Balaban J connectivity index is -0.000000127. The van der Waals surface area contributed by atoms with Gasteiger partial charge in [-0.2, -0.15) is 0 Å². The number of carboxylic acid groups (broad SMARTS) is 1. The van der Waals surface area contributed by atoms with Crippen LogP contribution < -0.4 is 0 Å². The molecule has 0 fully saturated rings. The average Bonchev–Trinajstić information content (AvgIpc) is 2.74. The Morgan fingerprint density at radius 2 is 0.737 bits per heavy atom. The molecule has 0 unspecified atom stereocenters. The number of carbonyl (C=O) groups is 8. The number of hydrogen-bond donors (Lipinski definition) is 1. The molecule has 0 amide bonds. The Labute approximate surface area is 255 Å². The molecular formula is C25H36NdO12. The number of carboxylic acids is 1. The van der Waals surface area contributed by atoms with E-state index >= 15 is 0 Å². The number of ether oxygens (including phenoxy) is 3. The third-order valence-corrected chi connectivity index (χ3v) is 2.67. The molecule has 212 valence electrons. The van der Waals surface area contributed by atoms with Gasteiger partial charge in [-0.3, -0.25) is 38.4 Å². The first-order valence-electron chi connectivity index (χ1n) is 10.6.